The smallest absolute Gasteiger partial charge is 0.328 e. The van der Waals surface area contributed by atoms with Gasteiger partial charge in [0.25, 0.3) is 0 Å². The van der Waals surface area contributed by atoms with Gasteiger partial charge in [-0.15, -0.1) is 0 Å². The van der Waals surface area contributed by atoms with Crippen molar-refractivity contribution in [2.45, 2.75) is 68.8 Å². The van der Waals surface area contributed by atoms with E-state index in [9.17, 15) is 39.9 Å². The molecule has 1 aliphatic heterocycles. The van der Waals surface area contributed by atoms with Crippen molar-refractivity contribution >= 4 is 52.0 Å². The SMILES string of the molecule is COC(=O)C(CCCCNC(=O)Nc1ncnc2c1ncn2COC(CO)C(O)CO)NC(=O)Nc1ncnc2c1ncn2C1OC(CO)C(O)C1O. The third-order valence-electron chi connectivity index (χ3n) is 8.24. The van der Waals surface area contributed by atoms with Gasteiger partial charge < -0.3 is 55.5 Å². The summed E-state index contributed by atoms with van der Waals surface area (Å²) in [6.07, 6.45) is -1.28. The zero-order chi connectivity index (χ0) is 38.1. The first-order valence-corrected chi connectivity index (χ1v) is 16.3. The minimum absolute atomic E-state index is 0.0221. The minimum Gasteiger partial charge on any atom is -0.467 e. The van der Waals surface area contributed by atoms with E-state index in [4.69, 9.17) is 19.3 Å². The number of rotatable bonds is 17. The molecule has 4 aromatic heterocycles. The molecule has 0 aliphatic carbocycles. The van der Waals surface area contributed by atoms with Crippen LogP contribution in [0.25, 0.3) is 22.3 Å². The first-order chi connectivity index (χ1) is 25.6. The fraction of sp³-hybridized carbons (Fsp3) is 0.552. The molecule has 0 aromatic carbocycles. The quantitative estimate of drug-likeness (QED) is 0.0378. The van der Waals surface area contributed by atoms with Gasteiger partial charge in [-0.3, -0.25) is 19.8 Å². The number of aliphatic hydroxyl groups excluding tert-OH is 6. The van der Waals surface area contributed by atoms with E-state index < -0.39 is 80.6 Å². The Balaban J connectivity index is 1.10. The van der Waals surface area contributed by atoms with E-state index in [0.717, 1.165) is 6.33 Å². The molecule has 5 heterocycles. The van der Waals surface area contributed by atoms with E-state index >= 15 is 0 Å². The Bertz CT molecular complexity index is 1860. The average Bonchev–Trinajstić information content (AvgIpc) is 3.86. The van der Waals surface area contributed by atoms with Gasteiger partial charge in [0.2, 0.25) is 0 Å². The molecule has 7 unspecified atom stereocenters. The number of amides is 4. The average molecular weight is 749 g/mol. The summed E-state index contributed by atoms with van der Waals surface area (Å²) < 4.78 is 18.6. The van der Waals surface area contributed by atoms with Crippen LogP contribution < -0.4 is 21.3 Å². The molecule has 24 heteroatoms. The van der Waals surface area contributed by atoms with Crippen LogP contribution in [0, 0.1) is 0 Å². The highest BCUT2D eigenvalue weighted by Crippen LogP contribution is 2.32. The van der Waals surface area contributed by atoms with Gasteiger partial charge in [0.1, 0.15) is 55.9 Å². The number of nitrogens with one attached hydrogen (secondary N) is 4. The number of imidazole rings is 2. The van der Waals surface area contributed by atoms with Crippen molar-refractivity contribution in [2.24, 2.45) is 0 Å². The highest BCUT2D eigenvalue weighted by molar-refractivity contribution is 5.97. The maximum absolute atomic E-state index is 12.9. The molecule has 288 valence electrons. The van der Waals surface area contributed by atoms with Crippen LogP contribution in [-0.2, 0) is 25.7 Å². The molecule has 24 nitrogen and oxygen atoms in total. The van der Waals surface area contributed by atoms with Crippen molar-refractivity contribution < 1.29 is 59.2 Å². The molecule has 10 N–H and O–H groups in total. The molecule has 1 aliphatic rings. The molecule has 53 heavy (non-hydrogen) atoms. The summed E-state index contributed by atoms with van der Waals surface area (Å²) in [6, 6.07) is -2.46. The van der Waals surface area contributed by atoms with Crippen LogP contribution >= 0.6 is 0 Å². The lowest BCUT2D eigenvalue weighted by Crippen LogP contribution is -2.43. The minimum atomic E-state index is -1.39. The number of carbonyl (C=O) groups is 3. The third kappa shape index (κ3) is 9.06. The fourth-order valence-electron chi connectivity index (χ4n) is 5.41. The van der Waals surface area contributed by atoms with Gasteiger partial charge in [-0.05, 0) is 19.3 Å². The van der Waals surface area contributed by atoms with Gasteiger partial charge >= 0.3 is 18.0 Å². The monoisotopic (exact) mass is 748 g/mol. The summed E-state index contributed by atoms with van der Waals surface area (Å²) in [5, 5.41) is 68.4. The lowest BCUT2D eigenvalue weighted by Gasteiger charge is -2.19. The van der Waals surface area contributed by atoms with Crippen LogP contribution in [-0.4, -0.2) is 158 Å². The number of nitrogens with zero attached hydrogens (tertiary/aromatic N) is 8. The maximum Gasteiger partial charge on any atom is 0.328 e. The molecule has 0 bridgehead atoms. The van der Waals surface area contributed by atoms with E-state index in [1.807, 2.05) is 0 Å². The van der Waals surface area contributed by atoms with Gasteiger partial charge in [-0.25, -0.2) is 44.3 Å². The number of methoxy groups -OCH3 is 1. The second-order valence-corrected chi connectivity index (χ2v) is 11.7. The van der Waals surface area contributed by atoms with Crippen molar-refractivity contribution in [3.05, 3.63) is 25.3 Å². The number of unbranched alkanes of at least 4 members (excludes halogenated alkanes) is 1. The lowest BCUT2D eigenvalue weighted by atomic mass is 10.1. The summed E-state index contributed by atoms with van der Waals surface area (Å²) in [7, 11) is 1.17. The molecule has 4 amide bonds. The van der Waals surface area contributed by atoms with Gasteiger partial charge in [0.15, 0.2) is 40.2 Å². The third-order valence-corrected chi connectivity index (χ3v) is 8.24. The molecule has 5 rings (SSSR count). The number of ether oxygens (including phenoxy) is 3. The maximum atomic E-state index is 12.9. The van der Waals surface area contributed by atoms with E-state index in [2.05, 4.69) is 51.2 Å². The summed E-state index contributed by atoms with van der Waals surface area (Å²) in [5.41, 5.74) is 0.818. The second kappa shape index (κ2) is 18.0. The zero-order valence-corrected chi connectivity index (χ0v) is 28.2. The number of hydrogen-bond donors (Lipinski definition) is 10. The van der Waals surface area contributed by atoms with Gasteiger partial charge in [0, 0.05) is 6.54 Å². The Morgan fingerprint density at radius 1 is 0.887 bits per heavy atom. The van der Waals surface area contributed by atoms with Crippen LogP contribution in [0.3, 0.4) is 0 Å². The predicted octanol–water partition coefficient (Wildman–Crippen LogP) is -3.08. The lowest BCUT2D eigenvalue weighted by molar-refractivity contribution is -0.143. The van der Waals surface area contributed by atoms with Crippen molar-refractivity contribution in [3.63, 3.8) is 0 Å². The topological polar surface area (TPSA) is 336 Å². The predicted molar refractivity (Wildman–Crippen MR) is 178 cm³/mol. The van der Waals surface area contributed by atoms with Crippen LogP contribution in [0.5, 0.6) is 0 Å². The highest BCUT2D eigenvalue weighted by atomic mass is 16.6. The van der Waals surface area contributed by atoms with Crippen LogP contribution in [0.15, 0.2) is 25.3 Å². The first-order valence-electron chi connectivity index (χ1n) is 16.3. The Morgan fingerprint density at radius 2 is 1.57 bits per heavy atom. The molecule has 0 saturated carbocycles. The van der Waals surface area contributed by atoms with Crippen molar-refractivity contribution in [1.82, 2.24) is 49.7 Å². The Kier molecular flexibility index (Phi) is 13.3. The number of anilines is 2. The highest BCUT2D eigenvalue weighted by Gasteiger charge is 2.44. The summed E-state index contributed by atoms with van der Waals surface area (Å²) in [5.74, 6) is -0.625. The van der Waals surface area contributed by atoms with Gasteiger partial charge in [0.05, 0.1) is 39.6 Å². The molecular weight excluding hydrogens is 708 g/mol. The Hall–Kier alpha value is -5.21. The Labute approximate surface area is 299 Å². The van der Waals surface area contributed by atoms with Crippen LogP contribution in [0.4, 0.5) is 21.2 Å². The Morgan fingerprint density at radius 3 is 2.23 bits per heavy atom. The molecule has 0 radical (unpaired) electrons. The number of hydrogen-bond acceptors (Lipinski definition) is 18. The number of fused-ring (bicyclic) bond motifs is 2. The molecular formula is C29H40N12O12. The molecule has 7 atom stereocenters. The first kappa shape index (κ1) is 39.0. The van der Waals surface area contributed by atoms with Crippen LogP contribution in [0.2, 0.25) is 0 Å². The molecule has 1 fully saturated rings. The molecule has 1 saturated heterocycles. The number of carbonyl (C=O) groups excluding carboxylic acids is 3. The van der Waals surface area contributed by atoms with E-state index in [0.29, 0.717) is 18.5 Å². The van der Waals surface area contributed by atoms with E-state index in [-0.39, 0.29) is 48.0 Å². The number of aliphatic hydroxyl groups is 6. The largest absolute Gasteiger partial charge is 0.467 e. The van der Waals surface area contributed by atoms with Crippen molar-refractivity contribution in [1.29, 1.82) is 0 Å². The summed E-state index contributed by atoms with van der Waals surface area (Å²) >= 11 is 0. The van der Waals surface area contributed by atoms with Gasteiger partial charge in [-0.2, -0.15) is 0 Å². The van der Waals surface area contributed by atoms with E-state index in [1.54, 1.807) is 0 Å². The van der Waals surface area contributed by atoms with Gasteiger partial charge in [-0.1, -0.05) is 0 Å². The number of esters is 1. The van der Waals surface area contributed by atoms with Crippen LogP contribution in [0.1, 0.15) is 25.5 Å². The number of urea groups is 2. The molecule has 0 spiro atoms. The zero-order valence-electron chi connectivity index (χ0n) is 28.2. The number of aromatic nitrogens is 8. The van der Waals surface area contributed by atoms with E-state index in [1.165, 1.54) is 35.2 Å². The second-order valence-electron chi connectivity index (χ2n) is 11.7. The van der Waals surface area contributed by atoms with Crippen molar-refractivity contribution in [2.75, 3.05) is 44.1 Å². The fourth-order valence-corrected chi connectivity index (χ4v) is 5.41. The summed E-state index contributed by atoms with van der Waals surface area (Å²) in [6.45, 7) is -1.63. The normalized spacial score (nSPS) is 20.2. The van der Waals surface area contributed by atoms with Crippen molar-refractivity contribution in [3.8, 4) is 0 Å². The standard InChI is InChI=1S/C29H40N12O12/c1-51-27(48)14(37-29(50)39-23-19-25(34-10-32-23)41(12-36-19)26-21(47)20(46)17(8-44)53-26)4-2-3-5-30-28(49)38-22-18-24(33-9-31-22)40(11-35-18)13-52-16(7-43)15(45)6-42/h9-12,14-17,20-21,26,42-47H,2-8,13H2,1H3,(H2,30,31,33,38,49)(H2,32,34,37,39,50). The summed E-state index contributed by atoms with van der Waals surface area (Å²) in [4.78, 5) is 62.8. The molecule has 4 aromatic rings.